The topological polar surface area (TPSA) is 139 Å². The molecule has 0 fully saturated rings. The molecule has 0 saturated carbocycles. The Bertz CT molecular complexity index is 1900. The molecule has 0 radical (unpaired) electrons. The van der Waals surface area contributed by atoms with Crippen molar-refractivity contribution in [2.24, 2.45) is 5.10 Å². The second-order valence-corrected chi connectivity index (χ2v) is 9.84. The number of para-hydroxylation sites is 1. The van der Waals surface area contributed by atoms with Crippen LogP contribution in [0.5, 0.6) is 5.75 Å². The molecule has 202 valence electrons. The Labute approximate surface area is 238 Å². The number of esters is 1. The molecule has 40 heavy (non-hydrogen) atoms. The third kappa shape index (κ3) is 5.18. The molecular weight excluding hydrogens is 608 g/mol. The van der Waals surface area contributed by atoms with Gasteiger partial charge in [-0.2, -0.15) is 9.78 Å². The molecule has 0 aliphatic carbocycles. The summed E-state index contributed by atoms with van der Waals surface area (Å²) in [7, 11) is 1.17. The number of hydrogen-bond donors (Lipinski definition) is 0. The van der Waals surface area contributed by atoms with Crippen molar-refractivity contribution in [3.05, 3.63) is 96.2 Å². The smallest absolute Gasteiger partial charge is 0.346 e. The number of ether oxygens (including phenoxy) is 2. The minimum Gasteiger partial charge on any atom is -0.471 e. The van der Waals surface area contributed by atoms with Crippen LogP contribution in [-0.4, -0.2) is 40.0 Å². The summed E-state index contributed by atoms with van der Waals surface area (Å²) in [6.07, 6.45) is 0.0397. The van der Waals surface area contributed by atoms with E-state index in [1.54, 1.807) is 48.5 Å². The third-order valence-electron chi connectivity index (χ3n) is 5.85. The maximum atomic E-state index is 13.6. The molecule has 13 heteroatoms. The Morgan fingerprint density at radius 2 is 2.00 bits per heavy atom. The van der Waals surface area contributed by atoms with E-state index in [-0.39, 0.29) is 22.9 Å². The highest BCUT2D eigenvalue weighted by Gasteiger charge is 2.26. The fourth-order valence-electron chi connectivity index (χ4n) is 3.99. The van der Waals surface area contributed by atoms with Crippen LogP contribution in [-0.2, 0) is 9.53 Å². The minimum atomic E-state index is -1.17. The van der Waals surface area contributed by atoms with E-state index in [0.29, 0.717) is 31.4 Å². The number of methoxy groups -OCH3 is 1. The van der Waals surface area contributed by atoms with Gasteiger partial charge in [-0.05, 0) is 49.4 Å². The lowest BCUT2D eigenvalue weighted by Gasteiger charge is -2.15. The van der Waals surface area contributed by atoms with Crippen molar-refractivity contribution in [1.29, 1.82) is 0 Å². The van der Waals surface area contributed by atoms with E-state index >= 15 is 0 Å². The number of halogens is 2. The lowest BCUT2D eigenvalue weighted by Crippen LogP contribution is -2.26. The van der Waals surface area contributed by atoms with Gasteiger partial charge in [0.25, 0.3) is 5.56 Å². The zero-order valence-corrected chi connectivity index (χ0v) is 23.2. The summed E-state index contributed by atoms with van der Waals surface area (Å²) in [6.45, 7) is 1.39. The maximum absolute atomic E-state index is 13.6. The van der Waals surface area contributed by atoms with Crippen LogP contribution < -0.4 is 10.3 Å². The number of hydrogen-bond acceptors (Lipinski definition) is 9. The van der Waals surface area contributed by atoms with Gasteiger partial charge in [0.1, 0.15) is 5.58 Å². The van der Waals surface area contributed by atoms with Crippen LogP contribution in [0.3, 0.4) is 0 Å². The predicted octanol–water partition coefficient (Wildman–Crippen LogP) is 5.96. The summed E-state index contributed by atoms with van der Waals surface area (Å²) in [5.74, 6) is -0.644. The van der Waals surface area contributed by atoms with Crippen LogP contribution in [0.4, 0.5) is 5.69 Å². The highest BCUT2D eigenvalue weighted by Crippen LogP contribution is 2.35. The Hall–Kier alpha value is -4.55. The summed E-state index contributed by atoms with van der Waals surface area (Å²) in [5.41, 5.74) is 0.114. The Kier molecular flexibility index (Phi) is 7.37. The number of fused-ring (bicyclic) bond motifs is 2. The van der Waals surface area contributed by atoms with Gasteiger partial charge in [-0.1, -0.05) is 39.7 Å². The maximum Gasteiger partial charge on any atom is 0.346 e. The molecule has 11 nitrogen and oxygen atoms in total. The summed E-state index contributed by atoms with van der Waals surface area (Å²) in [4.78, 5) is 41.4. The van der Waals surface area contributed by atoms with E-state index in [1.807, 2.05) is 0 Å². The second-order valence-electron chi connectivity index (χ2n) is 8.49. The highest BCUT2D eigenvalue weighted by atomic mass is 79.9. The molecule has 0 amide bonds. The summed E-state index contributed by atoms with van der Waals surface area (Å²) >= 11 is 9.38. The van der Waals surface area contributed by atoms with Gasteiger partial charge >= 0.3 is 11.7 Å². The number of nitro benzene ring substituents is 1. The van der Waals surface area contributed by atoms with E-state index in [1.165, 1.54) is 32.4 Å². The van der Waals surface area contributed by atoms with Crippen molar-refractivity contribution in [2.75, 3.05) is 7.11 Å². The number of nitrogens with zero attached hydrogens (tertiary/aromatic N) is 4. The highest BCUT2D eigenvalue weighted by molar-refractivity contribution is 9.10. The average Bonchev–Trinajstić information content (AvgIpc) is 3.35. The molecule has 1 atom stereocenters. The molecule has 0 aliphatic heterocycles. The predicted molar refractivity (Wildman–Crippen MR) is 152 cm³/mol. The minimum absolute atomic E-state index is 0.0853. The van der Waals surface area contributed by atoms with E-state index in [0.717, 1.165) is 4.68 Å². The lowest BCUT2D eigenvalue weighted by molar-refractivity contribution is -0.386. The van der Waals surface area contributed by atoms with Crippen molar-refractivity contribution in [3.63, 3.8) is 0 Å². The Morgan fingerprint density at radius 1 is 1.23 bits per heavy atom. The van der Waals surface area contributed by atoms with Gasteiger partial charge in [-0.15, -0.1) is 0 Å². The molecule has 0 N–H and O–H groups in total. The first-order valence-corrected chi connectivity index (χ1v) is 12.8. The number of benzene rings is 3. The van der Waals surface area contributed by atoms with Crippen LogP contribution >= 0.6 is 27.5 Å². The number of nitro groups is 1. The first-order chi connectivity index (χ1) is 19.2. The quantitative estimate of drug-likeness (QED) is 0.0935. The Morgan fingerprint density at radius 3 is 2.75 bits per heavy atom. The second kappa shape index (κ2) is 10.9. The van der Waals surface area contributed by atoms with Gasteiger partial charge in [0.15, 0.2) is 11.9 Å². The van der Waals surface area contributed by atoms with Crippen LogP contribution in [0.25, 0.3) is 33.5 Å². The van der Waals surface area contributed by atoms with E-state index in [4.69, 9.17) is 20.8 Å². The molecule has 2 heterocycles. The van der Waals surface area contributed by atoms with Crippen molar-refractivity contribution in [2.45, 2.75) is 13.0 Å². The molecule has 0 spiro atoms. The normalized spacial score (nSPS) is 12.2. The van der Waals surface area contributed by atoms with Crippen LogP contribution in [0, 0.1) is 10.1 Å². The van der Waals surface area contributed by atoms with E-state index in [9.17, 15) is 19.7 Å². The fourth-order valence-corrected chi connectivity index (χ4v) is 4.63. The number of carbonyl (C=O) groups excluding carboxylic acids is 1. The largest absolute Gasteiger partial charge is 0.471 e. The van der Waals surface area contributed by atoms with Crippen molar-refractivity contribution in [1.82, 2.24) is 9.66 Å². The monoisotopic (exact) mass is 624 g/mol. The Balaban J connectivity index is 1.71. The average molecular weight is 626 g/mol. The number of rotatable bonds is 7. The molecule has 0 aliphatic rings. The molecule has 0 saturated heterocycles. The third-order valence-corrected chi connectivity index (χ3v) is 6.55. The van der Waals surface area contributed by atoms with Crippen molar-refractivity contribution < 1.29 is 23.6 Å². The summed E-state index contributed by atoms with van der Waals surface area (Å²) in [6, 6.07) is 16.2. The van der Waals surface area contributed by atoms with E-state index < -0.39 is 28.2 Å². The van der Waals surface area contributed by atoms with Crippen LogP contribution in [0.1, 0.15) is 12.5 Å². The summed E-state index contributed by atoms with van der Waals surface area (Å²) < 4.78 is 17.7. The van der Waals surface area contributed by atoms with Gasteiger partial charge in [-0.3, -0.25) is 14.9 Å². The zero-order chi connectivity index (χ0) is 28.6. The zero-order valence-electron chi connectivity index (χ0n) is 20.8. The van der Waals surface area contributed by atoms with Crippen molar-refractivity contribution >= 4 is 67.3 Å². The molecular formula is C27H18BrClN4O7. The van der Waals surface area contributed by atoms with Gasteiger partial charge in [-0.25, -0.2) is 9.78 Å². The van der Waals surface area contributed by atoms with Gasteiger partial charge < -0.3 is 13.9 Å². The van der Waals surface area contributed by atoms with Crippen LogP contribution in [0.2, 0.25) is 5.02 Å². The standard InChI is InChI=1S/C27H18BrClN4O7/c1-14(27(35)38-2)39-24-16(9-17(28)12-21(24)33(36)37)13-30-32-25(31-20-6-4-3-5-19(20)26(32)34)23-11-15-10-18(29)7-8-22(15)40-23/h3-14H,1-2H3/t14-/m1/s1. The first kappa shape index (κ1) is 27.0. The molecule has 0 unspecified atom stereocenters. The van der Waals surface area contributed by atoms with Crippen LogP contribution in [0.15, 0.2) is 79.4 Å². The molecule has 3 aromatic carbocycles. The van der Waals surface area contributed by atoms with Crippen molar-refractivity contribution in [3.8, 4) is 17.3 Å². The van der Waals surface area contributed by atoms with Gasteiger partial charge in [0, 0.05) is 26.5 Å². The fraction of sp³-hybridized carbons (Fsp3) is 0.111. The molecule has 0 bridgehead atoms. The molecule has 2 aromatic heterocycles. The van der Waals surface area contributed by atoms with Gasteiger partial charge in [0.2, 0.25) is 11.6 Å². The lowest BCUT2D eigenvalue weighted by atomic mass is 10.2. The van der Waals surface area contributed by atoms with Gasteiger partial charge in [0.05, 0.1) is 29.2 Å². The van der Waals surface area contributed by atoms with E-state index in [2.05, 4.69) is 30.8 Å². The molecule has 5 rings (SSSR count). The number of carbonyl (C=O) groups is 1. The number of furan rings is 1. The number of aromatic nitrogens is 2. The first-order valence-electron chi connectivity index (χ1n) is 11.6. The summed E-state index contributed by atoms with van der Waals surface area (Å²) in [5, 5.41) is 17.7. The molecule has 5 aromatic rings. The SMILES string of the molecule is COC(=O)[C@@H](C)Oc1c(C=Nn2c(-c3cc4cc(Cl)ccc4o3)nc3ccccc3c2=O)cc(Br)cc1[N+](=O)[O-].